The Morgan fingerprint density at radius 2 is 2.11 bits per heavy atom. The minimum atomic E-state index is -0.388. The summed E-state index contributed by atoms with van der Waals surface area (Å²) >= 11 is 0. The van der Waals surface area contributed by atoms with E-state index in [1.807, 2.05) is 20.8 Å². The summed E-state index contributed by atoms with van der Waals surface area (Å²) in [6, 6.07) is 0.318. The van der Waals surface area contributed by atoms with E-state index in [-0.39, 0.29) is 23.6 Å². The van der Waals surface area contributed by atoms with E-state index < -0.39 is 0 Å². The van der Waals surface area contributed by atoms with Crippen LogP contribution >= 0.6 is 0 Å². The van der Waals surface area contributed by atoms with Gasteiger partial charge < -0.3 is 14.8 Å². The average molecular weight is 255 g/mol. The number of piperidine rings is 1. The summed E-state index contributed by atoms with van der Waals surface area (Å²) in [5.74, 6) is -0.0216. The largest absolute Gasteiger partial charge is 0.460 e. The normalized spacial score (nSPS) is 33.4. The third-order valence-electron chi connectivity index (χ3n) is 3.59. The molecular formula is C14H25NO3. The third-order valence-corrected chi connectivity index (χ3v) is 3.59. The molecule has 4 nitrogen and oxygen atoms in total. The Balaban J connectivity index is 1.87. The molecule has 0 aromatic carbocycles. The Bertz CT molecular complexity index is 292. The summed E-state index contributed by atoms with van der Waals surface area (Å²) in [5.41, 5.74) is -0.388. The second-order valence-electron chi connectivity index (χ2n) is 6.37. The van der Waals surface area contributed by atoms with Crippen molar-refractivity contribution < 1.29 is 14.3 Å². The number of carbonyl (C=O) groups excluding carboxylic acids is 1. The molecule has 0 radical (unpaired) electrons. The SMILES string of the molecule is CC(C)(C)OC(=O)C1CCNC(C2CCCO2)C1. The number of carbonyl (C=O) groups is 1. The van der Waals surface area contributed by atoms with Gasteiger partial charge in [-0.2, -0.15) is 0 Å². The molecule has 2 heterocycles. The number of hydrogen-bond donors (Lipinski definition) is 1. The zero-order valence-corrected chi connectivity index (χ0v) is 11.7. The lowest BCUT2D eigenvalue weighted by Crippen LogP contribution is -2.47. The van der Waals surface area contributed by atoms with Crippen LogP contribution in [-0.4, -0.2) is 36.9 Å². The van der Waals surface area contributed by atoms with Gasteiger partial charge in [0, 0.05) is 12.6 Å². The number of rotatable bonds is 2. The Hall–Kier alpha value is -0.610. The van der Waals surface area contributed by atoms with E-state index in [0.29, 0.717) is 6.04 Å². The molecule has 3 atom stereocenters. The van der Waals surface area contributed by atoms with Crippen LogP contribution in [0.4, 0.5) is 0 Å². The maximum atomic E-state index is 12.1. The molecule has 2 aliphatic rings. The van der Waals surface area contributed by atoms with Gasteiger partial charge in [-0.15, -0.1) is 0 Å². The maximum Gasteiger partial charge on any atom is 0.309 e. The highest BCUT2D eigenvalue weighted by molar-refractivity contribution is 5.73. The minimum Gasteiger partial charge on any atom is -0.460 e. The second kappa shape index (κ2) is 5.57. The molecule has 0 amide bonds. The van der Waals surface area contributed by atoms with Crippen molar-refractivity contribution in [2.24, 2.45) is 5.92 Å². The lowest BCUT2D eigenvalue weighted by atomic mass is 9.89. The van der Waals surface area contributed by atoms with Crippen molar-refractivity contribution in [2.45, 2.75) is 64.2 Å². The molecule has 2 fully saturated rings. The van der Waals surface area contributed by atoms with Crippen LogP contribution in [0.15, 0.2) is 0 Å². The fourth-order valence-corrected chi connectivity index (χ4v) is 2.75. The first-order chi connectivity index (χ1) is 8.46. The van der Waals surface area contributed by atoms with Gasteiger partial charge in [0.2, 0.25) is 0 Å². The fraction of sp³-hybridized carbons (Fsp3) is 0.929. The summed E-state index contributed by atoms with van der Waals surface area (Å²) in [6.45, 7) is 7.50. The van der Waals surface area contributed by atoms with Crippen molar-refractivity contribution >= 4 is 5.97 Å². The summed E-state index contributed by atoms with van der Waals surface area (Å²) in [4.78, 5) is 12.1. The van der Waals surface area contributed by atoms with Crippen molar-refractivity contribution in [3.8, 4) is 0 Å². The summed E-state index contributed by atoms with van der Waals surface area (Å²) in [5, 5.41) is 3.48. The van der Waals surface area contributed by atoms with Crippen LogP contribution < -0.4 is 5.32 Å². The third kappa shape index (κ3) is 3.69. The molecule has 2 aliphatic heterocycles. The first kappa shape index (κ1) is 13.8. The lowest BCUT2D eigenvalue weighted by Gasteiger charge is -2.33. The highest BCUT2D eigenvalue weighted by atomic mass is 16.6. The zero-order valence-electron chi connectivity index (χ0n) is 11.7. The van der Waals surface area contributed by atoms with Gasteiger partial charge in [-0.1, -0.05) is 0 Å². The smallest absolute Gasteiger partial charge is 0.309 e. The highest BCUT2D eigenvalue weighted by Gasteiger charge is 2.35. The van der Waals surface area contributed by atoms with E-state index in [9.17, 15) is 4.79 Å². The van der Waals surface area contributed by atoms with Crippen molar-refractivity contribution in [3.05, 3.63) is 0 Å². The quantitative estimate of drug-likeness (QED) is 0.765. The molecule has 0 aromatic heterocycles. The Labute approximate surface area is 109 Å². The van der Waals surface area contributed by atoms with Crippen molar-refractivity contribution in [1.29, 1.82) is 0 Å². The predicted molar refractivity (Wildman–Crippen MR) is 69.3 cm³/mol. The van der Waals surface area contributed by atoms with Crippen LogP contribution in [0.2, 0.25) is 0 Å². The van der Waals surface area contributed by atoms with Crippen LogP contribution in [0.3, 0.4) is 0 Å². The maximum absolute atomic E-state index is 12.1. The zero-order chi connectivity index (χ0) is 13.2. The summed E-state index contributed by atoms with van der Waals surface area (Å²) in [7, 11) is 0. The molecule has 3 unspecified atom stereocenters. The summed E-state index contributed by atoms with van der Waals surface area (Å²) < 4.78 is 11.2. The number of ether oxygens (including phenoxy) is 2. The van der Waals surface area contributed by atoms with E-state index >= 15 is 0 Å². The molecule has 0 aromatic rings. The molecule has 0 spiro atoms. The van der Waals surface area contributed by atoms with Gasteiger partial charge in [0.15, 0.2) is 0 Å². The van der Waals surface area contributed by atoms with Gasteiger partial charge in [0.05, 0.1) is 12.0 Å². The van der Waals surface area contributed by atoms with E-state index in [2.05, 4.69) is 5.32 Å². The van der Waals surface area contributed by atoms with Crippen molar-refractivity contribution in [1.82, 2.24) is 5.32 Å². The van der Waals surface area contributed by atoms with Crippen LogP contribution in [0.5, 0.6) is 0 Å². The standard InChI is InChI=1S/C14H25NO3/c1-14(2,3)18-13(16)10-6-7-15-11(9-10)12-5-4-8-17-12/h10-12,15H,4-9H2,1-3H3. The Morgan fingerprint density at radius 1 is 1.33 bits per heavy atom. The number of esters is 1. The van der Waals surface area contributed by atoms with Crippen LogP contribution in [0.25, 0.3) is 0 Å². The summed E-state index contributed by atoms with van der Waals surface area (Å²) in [6.07, 6.45) is 4.26. The fourth-order valence-electron chi connectivity index (χ4n) is 2.75. The molecule has 0 aliphatic carbocycles. The van der Waals surface area contributed by atoms with Crippen LogP contribution in [0.1, 0.15) is 46.5 Å². The van der Waals surface area contributed by atoms with E-state index in [4.69, 9.17) is 9.47 Å². The number of hydrogen-bond acceptors (Lipinski definition) is 4. The first-order valence-corrected chi connectivity index (χ1v) is 7.03. The number of nitrogens with one attached hydrogen (secondary N) is 1. The average Bonchev–Trinajstić information content (AvgIpc) is 2.80. The molecule has 2 saturated heterocycles. The monoisotopic (exact) mass is 255 g/mol. The lowest BCUT2D eigenvalue weighted by molar-refractivity contribution is -0.161. The van der Waals surface area contributed by atoms with Gasteiger partial charge >= 0.3 is 5.97 Å². The van der Waals surface area contributed by atoms with Gasteiger partial charge in [-0.25, -0.2) is 0 Å². The first-order valence-electron chi connectivity index (χ1n) is 7.03. The molecule has 18 heavy (non-hydrogen) atoms. The highest BCUT2D eigenvalue weighted by Crippen LogP contribution is 2.26. The predicted octanol–water partition coefficient (Wildman–Crippen LogP) is 1.88. The molecular weight excluding hydrogens is 230 g/mol. The van der Waals surface area contributed by atoms with Crippen LogP contribution in [-0.2, 0) is 14.3 Å². The molecule has 0 saturated carbocycles. The van der Waals surface area contributed by atoms with Crippen molar-refractivity contribution in [2.75, 3.05) is 13.2 Å². The van der Waals surface area contributed by atoms with Gasteiger partial charge in [0.25, 0.3) is 0 Å². The molecule has 1 N–H and O–H groups in total. The van der Waals surface area contributed by atoms with E-state index in [0.717, 1.165) is 38.8 Å². The molecule has 2 rings (SSSR count). The second-order valence-corrected chi connectivity index (χ2v) is 6.37. The van der Waals surface area contributed by atoms with Gasteiger partial charge in [-0.05, 0) is 53.0 Å². The van der Waals surface area contributed by atoms with Crippen LogP contribution in [0, 0.1) is 5.92 Å². The molecule has 0 bridgehead atoms. The van der Waals surface area contributed by atoms with Gasteiger partial charge in [0.1, 0.15) is 5.60 Å². The van der Waals surface area contributed by atoms with E-state index in [1.54, 1.807) is 0 Å². The molecule has 104 valence electrons. The Morgan fingerprint density at radius 3 is 2.72 bits per heavy atom. The molecule has 4 heteroatoms. The minimum absolute atomic E-state index is 0.0275. The topological polar surface area (TPSA) is 47.6 Å². The Kier molecular flexibility index (Phi) is 4.28. The van der Waals surface area contributed by atoms with Gasteiger partial charge in [-0.3, -0.25) is 4.79 Å². The van der Waals surface area contributed by atoms with E-state index in [1.165, 1.54) is 0 Å². The van der Waals surface area contributed by atoms with Crippen molar-refractivity contribution in [3.63, 3.8) is 0 Å².